The van der Waals surface area contributed by atoms with Crippen LogP contribution in [0.3, 0.4) is 0 Å². The second-order valence-electron chi connectivity index (χ2n) is 10.6. The maximum absolute atomic E-state index is 15.1. The molecule has 0 aromatic heterocycles. The molecule has 2 aliphatic heterocycles. The topological polar surface area (TPSA) is 63.2 Å². The van der Waals surface area contributed by atoms with E-state index in [2.05, 4.69) is 0 Å². The van der Waals surface area contributed by atoms with E-state index in [4.69, 9.17) is 23.7 Å². The van der Waals surface area contributed by atoms with Gasteiger partial charge in [0.2, 0.25) is 0 Å². The van der Waals surface area contributed by atoms with Crippen LogP contribution in [-0.4, -0.2) is 39.0 Å². The number of hydrogen-bond donors (Lipinski definition) is 0. The van der Waals surface area contributed by atoms with Crippen molar-refractivity contribution < 1.29 is 50.4 Å². The SMILES string of the molecule is COC(=O)CC1COc2cc(O[C@@H]3CCc4c3ccc(C(F)(F)F)c4-c3cc(F)c(OC4CCOC4)c(F)c3)ccc21. The highest BCUT2D eigenvalue weighted by atomic mass is 19.4. The van der Waals surface area contributed by atoms with Crippen LogP contribution in [0.15, 0.2) is 42.5 Å². The molecule has 3 aromatic carbocycles. The summed E-state index contributed by atoms with van der Waals surface area (Å²) in [5.41, 5.74) is 0.180. The second-order valence-corrected chi connectivity index (χ2v) is 10.6. The van der Waals surface area contributed by atoms with Crippen molar-refractivity contribution in [3.8, 4) is 28.4 Å². The minimum absolute atomic E-state index is 0.152. The Morgan fingerprint density at radius 3 is 2.43 bits per heavy atom. The number of carbonyl (C=O) groups excluding carboxylic acids is 1. The van der Waals surface area contributed by atoms with Crippen LogP contribution in [0.4, 0.5) is 22.0 Å². The first-order valence-electron chi connectivity index (χ1n) is 13.6. The van der Waals surface area contributed by atoms with Gasteiger partial charge in [0.25, 0.3) is 0 Å². The molecular formula is C31H27F5O6. The zero-order valence-corrected chi connectivity index (χ0v) is 22.6. The summed E-state index contributed by atoms with van der Waals surface area (Å²) in [6.07, 6.45) is -4.68. The average Bonchev–Trinajstić information content (AvgIpc) is 3.70. The van der Waals surface area contributed by atoms with E-state index in [1.165, 1.54) is 13.2 Å². The number of fused-ring (bicyclic) bond motifs is 2. The predicted octanol–water partition coefficient (Wildman–Crippen LogP) is 6.92. The van der Waals surface area contributed by atoms with Crippen LogP contribution < -0.4 is 14.2 Å². The van der Waals surface area contributed by atoms with Crippen molar-refractivity contribution in [2.24, 2.45) is 0 Å². The molecule has 222 valence electrons. The normalized spacial score (nSPS) is 21.0. The highest BCUT2D eigenvalue weighted by molar-refractivity contribution is 5.75. The van der Waals surface area contributed by atoms with Gasteiger partial charge < -0.3 is 23.7 Å². The third-order valence-electron chi connectivity index (χ3n) is 7.90. The summed E-state index contributed by atoms with van der Waals surface area (Å²) < 4.78 is 99.9. The lowest BCUT2D eigenvalue weighted by Gasteiger charge is -2.20. The molecule has 6 rings (SSSR count). The van der Waals surface area contributed by atoms with Gasteiger partial charge in [-0.3, -0.25) is 4.79 Å². The van der Waals surface area contributed by atoms with Crippen LogP contribution in [0.25, 0.3) is 11.1 Å². The van der Waals surface area contributed by atoms with E-state index >= 15 is 8.78 Å². The fourth-order valence-electron chi connectivity index (χ4n) is 5.89. The van der Waals surface area contributed by atoms with Crippen molar-refractivity contribution in [2.45, 2.75) is 50.0 Å². The van der Waals surface area contributed by atoms with Crippen molar-refractivity contribution in [1.29, 1.82) is 0 Å². The predicted molar refractivity (Wildman–Crippen MR) is 140 cm³/mol. The molecule has 1 aliphatic carbocycles. The molecule has 1 fully saturated rings. The van der Waals surface area contributed by atoms with Gasteiger partial charge >= 0.3 is 12.1 Å². The van der Waals surface area contributed by atoms with E-state index in [1.54, 1.807) is 18.2 Å². The number of ether oxygens (including phenoxy) is 5. The Balaban J connectivity index is 1.31. The molecule has 1 saturated heterocycles. The first kappa shape index (κ1) is 28.3. The highest BCUT2D eigenvalue weighted by Crippen LogP contribution is 2.48. The minimum Gasteiger partial charge on any atom is -0.492 e. The van der Waals surface area contributed by atoms with Gasteiger partial charge in [-0.05, 0) is 59.4 Å². The van der Waals surface area contributed by atoms with Crippen LogP contribution in [0.2, 0.25) is 0 Å². The Morgan fingerprint density at radius 1 is 0.976 bits per heavy atom. The van der Waals surface area contributed by atoms with Gasteiger partial charge in [-0.2, -0.15) is 13.2 Å². The Hall–Kier alpha value is -3.86. The van der Waals surface area contributed by atoms with Gasteiger partial charge in [-0.25, -0.2) is 8.78 Å². The molecule has 0 spiro atoms. The summed E-state index contributed by atoms with van der Waals surface area (Å²) in [4.78, 5) is 11.7. The third-order valence-corrected chi connectivity index (χ3v) is 7.90. The van der Waals surface area contributed by atoms with E-state index < -0.39 is 41.3 Å². The first-order chi connectivity index (χ1) is 20.1. The Bertz CT molecular complexity index is 1490. The monoisotopic (exact) mass is 590 g/mol. The molecular weight excluding hydrogens is 563 g/mol. The quantitative estimate of drug-likeness (QED) is 0.220. The number of alkyl halides is 3. The molecule has 0 saturated carbocycles. The number of carbonyl (C=O) groups is 1. The van der Waals surface area contributed by atoms with Crippen molar-refractivity contribution in [2.75, 3.05) is 26.9 Å². The van der Waals surface area contributed by atoms with Gasteiger partial charge in [0.05, 0.1) is 38.9 Å². The molecule has 2 heterocycles. The van der Waals surface area contributed by atoms with Crippen molar-refractivity contribution in [3.63, 3.8) is 0 Å². The molecule has 0 N–H and O–H groups in total. The molecule has 42 heavy (non-hydrogen) atoms. The first-order valence-corrected chi connectivity index (χ1v) is 13.6. The number of halogens is 5. The summed E-state index contributed by atoms with van der Waals surface area (Å²) in [5.74, 6) is -2.30. The van der Waals surface area contributed by atoms with Gasteiger partial charge in [-0.1, -0.05) is 12.1 Å². The van der Waals surface area contributed by atoms with Crippen molar-refractivity contribution in [1.82, 2.24) is 0 Å². The van der Waals surface area contributed by atoms with E-state index in [9.17, 15) is 18.0 Å². The van der Waals surface area contributed by atoms with E-state index in [0.29, 0.717) is 48.7 Å². The van der Waals surface area contributed by atoms with Crippen LogP contribution in [-0.2, 0) is 26.9 Å². The summed E-state index contributed by atoms with van der Waals surface area (Å²) >= 11 is 0. The standard InChI is InChI=1S/C31H27F5O6/c1-38-28(37)12-17-14-40-27-13-18(2-3-20(17)27)41-26-7-5-22-21(26)4-6-23(31(34,35)36)29(22)16-10-24(32)30(25(33)11-16)42-19-8-9-39-15-19/h2-4,6,10-11,13,17,19,26H,5,7-9,12,14-15H2,1H3/t17?,19?,26-/m1/s1. The van der Waals surface area contributed by atoms with E-state index in [1.807, 2.05) is 0 Å². The molecule has 0 bridgehead atoms. The average molecular weight is 591 g/mol. The second kappa shape index (κ2) is 11.1. The van der Waals surface area contributed by atoms with Gasteiger partial charge in [0.1, 0.15) is 23.7 Å². The Morgan fingerprint density at radius 2 is 1.74 bits per heavy atom. The molecule has 11 heteroatoms. The smallest absolute Gasteiger partial charge is 0.417 e. The van der Waals surface area contributed by atoms with Crippen molar-refractivity contribution >= 4 is 5.97 Å². The maximum Gasteiger partial charge on any atom is 0.417 e. The Kier molecular flexibility index (Phi) is 7.46. The molecule has 3 atom stereocenters. The fraction of sp³-hybridized carbons (Fsp3) is 0.387. The molecule has 0 amide bonds. The zero-order chi connectivity index (χ0) is 29.6. The largest absolute Gasteiger partial charge is 0.492 e. The molecule has 6 nitrogen and oxygen atoms in total. The van der Waals surface area contributed by atoms with Gasteiger partial charge in [-0.15, -0.1) is 0 Å². The number of esters is 1. The van der Waals surface area contributed by atoms with Crippen LogP contribution in [0, 0.1) is 11.6 Å². The van der Waals surface area contributed by atoms with Gasteiger partial charge in [0.15, 0.2) is 17.4 Å². The lowest BCUT2D eigenvalue weighted by Crippen LogP contribution is -2.17. The summed E-state index contributed by atoms with van der Waals surface area (Å²) in [6.45, 7) is 0.890. The maximum atomic E-state index is 15.1. The zero-order valence-electron chi connectivity index (χ0n) is 22.6. The Labute approximate surface area is 238 Å². The van der Waals surface area contributed by atoms with Crippen LogP contribution >= 0.6 is 0 Å². The molecule has 3 aliphatic rings. The number of methoxy groups -OCH3 is 1. The molecule has 2 unspecified atom stereocenters. The summed E-state index contributed by atoms with van der Waals surface area (Å²) in [7, 11) is 1.32. The lowest BCUT2D eigenvalue weighted by atomic mass is 9.91. The van der Waals surface area contributed by atoms with E-state index in [-0.39, 0.29) is 42.5 Å². The van der Waals surface area contributed by atoms with Crippen molar-refractivity contribution in [3.05, 3.63) is 76.4 Å². The minimum atomic E-state index is -4.76. The summed E-state index contributed by atoms with van der Waals surface area (Å²) in [5, 5.41) is 0. The number of hydrogen-bond acceptors (Lipinski definition) is 6. The van der Waals surface area contributed by atoms with E-state index in [0.717, 1.165) is 23.8 Å². The molecule has 0 radical (unpaired) electrons. The number of rotatable bonds is 7. The van der Waals surface area contributed by atoms with Crippen LogP contribution in [0.5, 0.6) is 17.2 Å². The highest BCUT2D eigenvalue weighted by Gasteiger charge is 2.39. The van der Waals surface area contributed by atoms with Gasteiger partial charge in [0, 0.05) is 24.0 Å². The van der Waals surface area contributed by atoms with Crippen LogP contribution in [0.1, 0.15) is 53.5 Å². The lowest BCUT2D eigenvalue weighted by molar-refractivity contribution is -0.141. The summed E-state index contributed by atoms with van der Waals surface area (Å²) in [6, 6.07) is 9.26. The fourth-order valence-corrected chi connectivity index (χ4v) is 5.89. The third kappa shape index (κ3) is 5.37. The molecule has 3 aromatic rings. The number of benzene rings is 3.